The molecule has 2 N–H and O–H groups in total. The molecule has 0 amide bonds. The molecule has 21 heavy (non-hydrogen) atoms. The molecule has 0 aliphatic heterocycles. The van der Waals surface area contributed by atoms with Gasteiger partial charge in [-0.1, -0.05) is 6.92 Å². The first-order chi connectivity index (χ1) is 10.3. The van der Waals surface area contributed by atoms with E-state index in [-0.39, 0.29) is 0 Å². The molecule has 0 unspecified atom stereocenters. The zero-order chi connectivity index (χ0) is 15.5. The monoisotopic (exact) mass is 296 g/mol. The quantitative estimate of drug-likeness (QED) is 0.613. The van der Waals surface area contributed by atoms with Crippen molar-refractivity contribution >= 4 is 0 Å². The SMILES string of the molecule is CCCNCCCNCc1cc(OC)c(OC)c(OC)c1. The summed E-state index contributed by atoms with van der Waals surface area (Å²) in [7, 11) is 4.88. The fourth-order valence-corrected chi connectivity index (χ4v) is 2.11. The lowest BCUT2D eigenvalue weighted by Gasteiger charge is -2.14. The predicted octanol–water partition coefficient (Wildman–Crippen LogP) is 2.19. The lowest BCUT2D eigenvalue weighted by Crippen LogP contribution is -2.22. The first-order valence-corrected chi connectivity index (χ1v) is 7.47. The van der Waals surface area contributed by atoms with Gasteiger partial charge < -0.3 is 24.8 Å². The molecule has 1 aromatic rings. The summed E-state index contributed by atoms with van der Waals surface area (Å²) in [6, 6.07) is 3.95. The lowest BCUT2D eigenvalue weighted by atomic mass is 10.1. The van der Waals surface area contributed by atoms with Crippen molar-refractivity contribution in [2.45, 2.75) is 26.3 Å². The first kappa shape index (κ1) is 17.6. The topological polar surface area (TPSA) is 51.8 Å². The van der Waals surface area contributed by atoms with Crippen molar-refractivity contribution in [1.29, 1.82) is 0 Å². The van der Waals surface area contributed by atoms with Gasteiger partial charge in [0.05, 0.1) is 21.3 Å². The number of rotatable bonds is 11. The zero-order valence-corrected chi connectivity index (χ0v) is 13.6. The molecular weight excluding hydrogens is 268 g/mol. The predicted molar refractivity (Wildman–Crippen MR) is 85.6 cm³/mol. The first-order valence-electron chi connectivity index (χ1n) is 7.47. The molecule has 0 heterocycles. The van der Waals surface area contributed by atoms with Gasteiger partial charge in [-0.25, -0.2) is 0 Å². The van der Waals surface area contributed by atoms with Crippen LogP contribution in [0, 0.1) is 0 Å². The summed E-state index contributed by atoms with van der Waals surface area (Å²) in [5.74, 6) is 2.02. The van der Waals surface area contributed by atoms with E-state index in [4.69, 9.17) is 14.2 Å². The molecule has 5 heteroatoms. The van der Waals surface area contributed by atoms with E-state index < -0.39 is 0 Å². The van der Waals surface area contributed by atoms with Crippen molar-refractivity contribution in [2.75, 3.05) is 41.0 Å². The van der Waals surface area contributed by atoms with Crippen LogP contribution in [0.2, 0.25) is 0 Å². The van der Waals surface area contributed by atoms with Crippen LogP contribution in [0.15, 0.2) is 12.1 Å². The molecule has 0 radical (unpaired) electrons. The average Bonchev–Trinajstić information content (AvgIpc) is 2.52. The number of methoxy groups -OCH3 is 3. The summed E-state index contributed by atoms with van der Waals surface area (Å²) >= 11 is 0. The van der Waals surface area contributed by atoms with Crippen LogP contribution >= 0.6 is 0 Å². The molecule has 0 saturated carbocycles. The molecule has 0 aliphatic carbocycles. The zero-order valence-electron chi connectivity index (χ0n) is 13.6. The van der Waals surface area contributed by atoms with Crippen LogP contribution in [0.5, 0.6) is 17.2 Å². The molecule has 0 bridgehead atoms. The van der Waals surface area contributed by atoms with Crippen molar-refractivity contribution in [3.63, 3.8) is 0 Å². The maximum atomic E-state index is 5.35. The molecule has 0 fully saturated rings. The molecule has 0 atom stereocenters. The Bertz CT molecular complexity index is 386. The van der Waals surface area contributed by atoms with E-state index in [1.807, 2.05) is 12.1 Å². The molecule has 0 aromatic heterocycles. The van der Waals surface area contributed by atoms with Crippen molar-refractivity contribution in [2.24, 2.45) is 0 Å². The number of ether oxygens (including phenoxy) is 3. The van der Waals surface area contributed by atoms with Gasteiger partial charge in [-0.05, 0) is 50.2 Å². The smallest absolute Gasteiger partial charge is 0.203 e. The Kier molecular flexibility index (Phi) is 8.62. The van der Waals surface area contributed by atoms with E-state index in [9.17, 15) is 0 Å². The summed E-state index contributed by atoms with van der Waals surface area (Å²) < 4.78 is 16.0. The van der Waals surface area contributed by atoms with Crippen LogP contribution in [0.3, 0.4) is 0 Å². The number of nitrogens with one attached hydrogen (secondary N) is 2. The van der Waals surface area contributed by atoms with E-state index >= 15 is 0 Å². The molecule has 1 rings (SSSR count). The van der Waals surface area contributed by atoms with Crippen LogP contribution < -0.4 is 24.8 Å². The largest absolute Gasteiger partial charge is 0.493 e. The van der Waals surface area contributed by atoms with Gasteiger partial charge in [0, 0.05) is 6.54 Å². The number of hydrogen-bond acceptors (Lipinski definition) is 5. The summed E-state index contributed by atoms with van der Waals surface area (Å²) in [4.78, 5) is 0. The molecule has 120 valence electrons. The standard InChI is InChI=1S/C16H28N2O3/c1-5-7-17-8-6-9-18-12-13-10-14(19-2)16(21-4)15(11-13)20-3/h10-11,17-18H,5-9,12H2,1-4H3. The summed E-state index contributed by atoms with van der Waals surface area (Å²) in [6.07, 6.45) is 2.29. The second-order valence-corrected chi connectivity index (χ2v) is 4.81. The van der Waals surface area contributed by atoms with Gasteiger partial charge in [-0.2, -0.15) is 0 Å². The van der Waals surface area contributed by atoms with E-state index in [0.29, 0.717) is 17.2 Å². The fraction of sp³-hybridized carbons (Fsp3) is 0.625. The molecule has 1 aromatic carbocycles. The Hall–Kier alpha value is -1.46. The minimum atomic E-state index is 0.632. The van der Waals surface area contributed by atoms with E-state index in [2.05, 4.69) is 17.6 Å². The third-order valence-electron chi connectivity index (χ3n) is 3.19. The van der Waals surface area contributed by atoms with Crippen molar-refractivity contribution in [1.82, 2.24) is 10.6 Å². The highest BCUT2D eigenvalue weighted by Gasteiger charge is 2.12. The minimum Gasteiger partial charge on any atom is -0.493 e. The Labute approximate surface area is 128 Å². The minimum absolute atomic E-state index is 0.632. The highest BCUT2D eigenvalue weighted by molar-refractivity contribution is 5.53. The van der Waals surface area contributed by atoms with Crippen LogP contribution in [-0.2, 0) is 6.54 Å². The third-order valence-corrected chi connectivity index (χ3v) is 3.19. The lowest BCUT2D eigenvalue weighted by molar-refractivity contribution is 0.323. The molecule has 5 nitrogen and oxygen atoms in total. The summed E-state index contributed by atoms with van der Waals surface area (Å²) in [5, 5.41) is 6.82. The van der Waals surface area contributed by atoms with E-state index in [0.717, 1.165) is 38.2 Å². The summed E-state index contributed by atoms with van der Waals surface area (Å²) in [6.45, 7) is 6.08. The van der Waals surface area contributed by atoms with Crippen molar-refractivity contribution in [3.05, 3.63) is 17.7 Å². The Morgan fingerprint density at radius 1 is 0.857 bits per heavy atom. The van der Waals surface area contributed by atoms with Crippen molar-refractivity contribution in [3.8, 4) is 17.2 Å². The molecular formula is C16H28N2O3. The Morgan fingerprint density at radius 2 is 1.48 bits per heavy atom. The maximum Gasteiger partial charge on any atom is 0.203 e. The van der Waals surface area contributed by atoms with Gasteiger partial charge in [0.15, 0.2) is 11.5 Å². The molecule has 0 saturated heterocycles. The van der Waals surface area contributed by atoms with Gasteiger partial charge in [0.1, 0.15) is 0 Å². The van der Waals surface area contributed by atoms with Gasteiger partial charge >= 0.3 is 0 Å². The van der Waals surface area contributed by atoms with Gasteiger partial charge in [0.2, 0.25) is 5.75 Å². The van der Waals surface area contributed by atoms with Crippen LogP contribution in [0.1, 0.15) is 25.3 Å². The Balaban J connectivity index is 2.48. The van der Waals surface area contributed by atoms with Crippen molar-refractivity contribution < 1.29 is 14.2 Å². The third kappa shape index (κ3) is 5.81. The second-order valence-electron chi connectivity index (χ2n) is 4.81. The fourth-order valence-electron chi connectivity index (χ4n) is 2.11. The van der Waals surface area contributed by atoms with Gasteiger partial charge in [-0.3, -0.25) is 0 Å². The molecule has 0 aliphatic rings. The molecule has 0 spiro atoms. The van der Waals surface area contributed by atoms with Crippen LogP contribution in [-0.4, -0.2) is 41.0 Å². The highest BCUT2D eigenvalue weighted by Crippen LogP contribution is 2.38. The normalized spacial score (nSPS) is 10.5. The summed E-state index contributed by atoms with van der Waals surface area (Å²) in [5.41, 5.74) is 1.12. The number of hydrogen-bond donors (Lipinski definition) is 2. The van der Waals surface area contributed by atoms with E-state index in [1.165, 1.54) is 6.42 Å². The van der Waals surface area contributed by atoms with Gasteiger partial charge in [0.25, 0.3) is 0 Å². The van der Waals surface area contributed by atoms with Crippen LogP contribution in [0.4, 0.5) is 0 Å². The van der Waals surface area contributed by atoms with Gasteiger partial charge in [-0.15, -0.1) is 0 Å². The average molecular weight is 296 g/mol. The second kappa shape index (κ2) is 10.3. The number of benzene rings is 1. The van der Waals surface area contributed by atoms with Crippen LogP contribution in [0.25, 0.3) is 0 Å². The van der Waals surface area contributed by atoms with E-state index in [1.54, 1.807) is 21.3 Å². The Morgan fingerprint density at radius 3 is 2.00 bits per heavy atom. The maximum absolute atomic E-state index is 5.35. The highest BCUT2D eigenvalue weighted by atomic mass is 16.5.